The molecule has 3 rings (SSSR count). The van der Waals surface area contributed by atoms with Gasteiger partial charge in [-0.05, 0) is 39.7 Å². The highest BCUT2D eigenvalue weighted by Gasteiger charge is 2.48. The van der Waals surface area contributed by atoms with Crippen molar-refractivity contribution in [3.8, 4) is 0 Å². The zero-order chi connectivity index (χ0) is 19.7. The van der Waals surface area contributed by atoms with Crippen molar-refractivity contribution in [1.29, 1.82) is 0 Å². The molecule has 0 unspecified atom stereocenters. The number of carbonyl (C=O) groups is 4. The zero-order valence-electron chi connectivity index (χ0n) is 16.1. The molecule has 0 N–H and O–H groups in total. The summed E-state index contributed by atoms with van der Waals surface area (Å²) in [6.07, 6.45) is 3.27. The minimum atomic E-state index is -0.729. The quantitative estimate of drug-likeness (QED) is 0.432. The van der Waals surface area contributed by atoms with Crippen LogP contribution in [-0.4, -0.2) is 46.2 Å². The Kier molecular flexibility index (Phi) is 5.48. The van der Waals surface area contributed by atoms with Crippen LogP contribution in [0.3, 0.4) is 0 Å². The van der Waals surface area contributed by atoms with Gasteiger partial charge >= 0.3 is 5.97 Å². The molecule has 1 aliphatic carbocycles. The molecule has 2 aliphatic rings. The molecule has 2 atom stereocenters. The van der Waals surface area contributed by atoms with Gasteiger partial charge in [-0.3, -0.25) is 24.1 Å². The van der Waals surface area contributed by atoms with E-state index in [1.54, 1.807) is 6.07 Å². The summed E-state index contributed by atoms with van der Waals surface area (Å²) in [7, 11) is 0. The van der Waals surface area contributed by atoms with Crippen molar-refractivity contribution in [3.63, 3.8) is 0 Å². The number of fused-ring (bicyclic) bond motifs is 1. The Bertz CT molecular complexity index is 771. The van der Waals surface area contributed by atoms with E-state index < -0.39 is 19.1 Å². The van der Waals surface area contributed by atoms with Crippen molar-refractivity contribution in [2.24, 2.45) is 11.8 Å². The number of esters is 1. The number of rotatable bonds is 6. The minimum absolute atomic E-state index is 0.278. The van der Waals surface area contributed by atoms with Crippen molar-refractivity contribution in [1.82, 2.24) is 9.47 Å². The first kappa shape index (κ1) is 19.3. The first-order chi connectivity index (χ1) is 12.8. The summed E-state index contributed by atoms with van der Waals surface area (Å²) >= 11 is 0. The fourth-order valence-corrected chi connectivity index (χ4v) is 4.36. The van der Waals surface area contributed by atoms with Crippen LogP contribution in [0.1, 0.15) is 54.4 Å². The molecule has 7 nitrogen and oxygen atoms in total. The molecule has 2 fully saturated rings. The van der Waals surface area contributed by atoms with Crippen LogP contribution in [0.25, 0.3) is 0 Å². The van der Waals surface area contributed by atoms with Crippen molar-refractivity contribution in [2.45, 2.75) is 53.0 Å². The standard InChI is InChI=1S/C20H26N2O5/c1-4-21-12(2)9-16(13(21)3)17(23)11-27-18(24)10-22-19(25)14-7-5-6-8-15(14)20(22)26/h9,14-15H,4-8,10-11H2,1-3H3/t14-,15-/m0/s1. The van der Waals surface area contributed by atoms with Crippen LogP contribution >= 0.6 is 0 Å². The number of hydrogen-bond acceptors (Lipinski definition) is 5. The van der Waals surface area contributed by atoms with Gasteiger partial charge in [0.25, 0.3) is 0 Å². The summed E-state index contributed by atoms with van der Waals surface area (Å²) in [5, 5.41) is 0. The molecule has 2 heterocycles. The molecule has 146 valence electrons. The summed E-state index contributed by atoms with van der Waals surface area (Å²) in [5.74, 6) is -2.16. The molecule has 1 aromatic rings. The van der Waals surface area contributed by atoms with Gasteiger partial charge < -0.3 is 9.30 Å². The lowest BCUT2D eigenvalue weighted by Crippen LogP contribution is -2.37. The topological polar surface area (TPSA) is 85.7 Å². The van der Waals surface area contributed by atoms with Crippen LogP contribution in [0.15, 0.2) is 6.07 Å². The SMILES string of the molecule is CCn1c(C)cc(C(=O)COC(=O)CN2C(=O)[C@H]3CCCC[C@@H]3C2=O)c1C. The van der Waals surface area contributed by atoms with Crippen molar-refractivity contribution in [3.05, 3.63) is 23.0 Å². The number of hydrogen-bond donors (Lipinski definition) is 0. The van der Waals surface area contributed by atoms with E-state index in [4.69, 9.17) is 4.74 Å². The van der Waals surface area contributed by atoms with Gasteiger partial charge in [0.05, 0.1) is 11.8 Å². The summed E-state index contributed by atoms with van der Waals surface area (Å²) in [5.41, 5.74) is 2.34. The number of Topliss-reactive ketones (excluding diaryl/α,β-unsaturated/α-hetero) is 1. The maximum atomic E-state index is 12.4. The third-order valence-corrected chi connectivity index (χ3v) is 5.77. The summed E-state index contributed by atoms with van der Waals surface area (Å²) in [6, 6.07) is 1.78. The van der Waals surface area contributed by atoms with E-state index in [9.17, 15) is 19.2 Å². The molecule has 0 aromatic carbocycles. The Morgan fingerprint density at radius 1 is 1.11 bits per heavy atom. The van der Waals surface area contributed by atoms with Gasteiger partial charge in [0.2, 0.25) is 17.6 Å². The number of amides is 2. The average Bonchev–Trinajstić information content (AvgIpc) is 3.08. The van der Waals surface area contributed by atoms with Crippen LogP contribution < -0.4 is 0 Å². The van der Waals surface area contributed by atoms with Gasteiger partial charge in [-0.1, -0.05) is 12.8 Å². The van der Waals surface area contributed by atoms with E-state index in [1.807, 2.05) is 25.3 Å². The predicted molar refractivity (Wildman–Crippen MR) is 97.0 cm³/mol. The van der Waals surface area contributed by atoms with Crippen LogP contribution in [0.5, 0.6) is 0 Å². The molecule has 27 heavy (non-hydrogen) atoms. The molecular formula is C20H26N2O5. The number of nitrogens with zero attached hydrogens (tertiary/aromatic N) is 2. The molecule has 1 aromatic heterocycles. The maximum Gasteiger partial charge on any atom is 0.326 e. The lowest BCUT2D eigenvalue weighted by molar-refractivity contribution is -0.152. The average molecular weight is 374 g/mol. The van der Waals surface area contributed by atoms with E-state index in [2.05, 4.69) is 0 Å². The summed E-state index contributed by atoms with van der Waals surface area (Å²) in [6.45, 7) is 5.72. The Labute approximate surface area is 158 Å². The second-order valence-corrected chi connectivity index (χ2v) is 7.37. The lowest BCUT2D eigenvalue weighted by atomic mass is 9.81. The molecular weight excluding hydrogens is 348 g/mol. The number of imide groups is 1. The van der Waals surface area contributed by atoms with Crippen LogP contribution in [-0.2, 0) is 25.7 Å². The monoisotopic (exact) mass is 374 g/mol. The van der Waals surface area contributed by atoms with E-state index in [0.29, 0.717) is 18.4 Å². The molecule has 7 heteroatoms. The molecule has 0 radical (unpaired) electrons. The lowest BCUT2D eigenvalue weighted by Gasteiger charge is -2.19. The summed E-state index contributed by atoms with van der Waals surface area (Å²) < 4.78 is 7.08. The van der Waals surface area contributed by atoms with Crippen molar-refractivity contribution >= 4 is 23.6 Å². The highest BCUT2D eigenvalue weighted by atomic mass is 16.5. The number of aryl methyl sites for hydroxylation is 1. The van der Waals surface area contributed by atoms with Gasteiger partial charge in [-0.15, -0.1) is 0 Å². The Morgan fingerprint density at radius 2 is 1.70 bits per heavy atom. The molecule has 0 bridgehead atoms. The van der Waals surface area contributed by atoms with E-state index in [0.717, 1.165) is 35.7 Å². The fraction of sp³-hybridized carbons (Fsp3) is 0.600. The van der Waals surface area contributed by atoms with Gasteiger partial charge in [-0.25, -0.2) is 0 Å². The van der Waals surface area contributed by atoms with E-state index in [1.165, 1.54) is 0 Å². The number of likely N-dealkylation sites (tertiary alicyclic amines) is 1. The minimum Gasteiger partial charge on any atom is -0.456 e. The molecule has 1 saturated carbocycles. The smallest absolute Gasteiger partial charge is 0.326 e. The maximum absolute atomic E-state index is 12.4. The van der Waals surface area contributed by atoms with Gasteiger partial charge in [-0.2, -0.15) is 0 Å². The Morgan fingerprint density at radius 3 is 2.22 bits per heavy atom. The molecule has 2 amide bonds. The molecule has 1 aliphatic heterocycles. The largest absolute Gasteiger partial charge is 0.456 e. The molecule has 1 saturated heterocycles. The highest BCUT2D eigenvalue weighted by molar-refractivity contribution is 6.07. The fourth-order valence-electron chi connectivity index (χ4n) is 4.36. The third kappa shape index (κ3) is 3.55. The predicted octanol–water partition coefficient (Wildman–Crippen LogP) is 2.03. The van der Waals surface area contributed by atoms with Crippen molar-refractivity contribution < 1.29 is 23.9 Å². The Balaban J connectivity index is 1.58. The zero-order valence-corrected chi connectivity index (χ0v) is 16.1. The van der Waals surface area contributed by atoms with Crippen LogP contribution in [0, 0.1) is 25.7 Å². The molecule has 0 spiro atoms. The summed E-state index contributed by atoms with van der Waals surface area (Å²) in [4.78, 5) is 50.3. The van der Waals surface area contributed by atoms with Gasteiger partial charge in [0.15, 0.2) is 6.61 Å². The normalized spacial score (nSPS) is 22.1. The van der Waals surface area contributed by atoms with Crippen LogP contribution in [0.4, 0.5) is 0 Å². The number of ether oxygens (including phenoxy) is 1. The van der Waals surface area contributed by atoms with Gasteiger partial charge in [0, 0.05) is 23.5 Å². The number of ketones is 1. The second-order valence-electron chi connectivity index (χ2n) is 7.37. The van der Waals surface area contributed by atoms with E-state index >= 15 is 0 Å². The van der Waals surface area contributed by atoms with Crippen LogP contribution in [0.2, 0.25) is 0 Å². The number of aromatic nitrogens is 1. The second kappa shape index (κ2) is 7.66. The third-order valence-electron chi connectivity index (χ3n) is 5.77. The first-order valence-electron chi connectivity index (χ1n) is 9.55. The number of carbonyl (C=O) groups excluding carboxylic acids is 4. The highest BCUT2D eigenvalue weighted by Crippen LogP contribution is 2.37. The van der Waals surface area contributed by atoms with Crippen molar-refractivity contribution in [2.75, 3.05) is 13.2 Å². The first-order valence-corrected chi connectivity index (χ1v) is 9.55. The van der Waals surface area contributed by atoms with Gasteiger partial charge in [0.1, 0.15) is 6.54 Å². The Hall–Kier alpha value is -2.44. The van der Waals surface area contributed by atoms with E-state index in [-0.39, 0.29) is 29.4 Å².